The molecule has 160 valence electrons. The molecular weight excluding hydrogens is 422 g/mol. The molecule has 0 bridgehead atoms. The third-order valence-electron chi connectivity index (χ3n) is 5.49. The van der Waals surface area contributed by atoms with E-state index in [9.17, 15) is 4.79 Å². The number of pyridine rings is 1. The first-order valence-corrected chi connectivity index (χ1v) is 12.4. The van der Waals surface area contributed by atoms with E-state index in [2.05, 4.69) is 64.1 Å². The van der Waals surface area contributed by atoms with E-state index >= 15 is 0 Å². The van der Waals surface area contributed by atoms with Crippen LogP contribution in [0.25, 0.3) is 0 Å². The van der Waals surface area contributed by atoms with Crippen molar-refractivity contribution in [3.05, 3.63) is 78.0 Å². The summed E-state index contributed by atoms with van der Waals surface area (Å²) in [6.07, 6.45) is 6.86. The first-order chi connectivity index (χ1) is 15.0. The summed E-state index contributed by atoms with van der Waals surface area (Å²) in [7, 11) is 4.06. The molecule has 4 nitrogen and oxygen atoms in total. The van der Waals surface area contributed by atoms with Crippen molar-refractivity contribution in [2.45, 2.75) is 33.8 Å². The number of aromatic amines is 1. The molecule has 1 heterocycles. The van der Waals surface area contributed by atoms with E-state index in [0.29, 0.717) is 6.42 Å². The largest absolute Gasteiger partial charge is 0.326 e. The summed E-state index contributed by atoms with van der Waals surface area (Å²) in [5.41, 5.74) is 3.19. The molecular formula is C25H28N3OS2+. The van der Waals surface area contributed by atoms with Gasteiger partial charge in [0.1, 0.15) is 6.20 Å². The van der Waals surface area contributed by atoms with E-state index in [4.69, 9.17) is 0 Å². The molecule has 3 aromatic rings. The van der Waals surface area contributed by atoms with Crippen molar-refractivity contribution in [3.63, 3.8) is 0 Å². The Balaban J connectivity index is 1.36. The fourth-order valence-corrected chi connectivity index (χ4v) is 5.20. The molecule has 0 radical (unpaired) electrons. The zero-order valence-corrected chi connectivity index (χ0v) is 19.8. The van der Waals surface area contributed by atoms with Gasteiger partial charge < -0.3 is 5.32 Å². The topological polar surface area (TPSA) is 46.5 Å². The van der Waals surface area contributed by atoms with E-state index < -0.39 is 0 Å². The minimum absolute atomic E-state index is 0.0108. The van der Waals surface area contributed by atoms with Gasteiger partial charge in [-0.1, -0.05) is 24.3 Å². The maximum atomic E-state index is 12.4. The predicted molar refractivity (Wildman–Crippen MR) is 131 cm³/mol. The Bertz CT molecular complexity index is 1030. The zero-order chi connectivity index (χ0) is 21.8. The number of rotatable bonds is 8. The fraction of sp³-hybridized carbons (Fsp3) is 0.280. The molecule has 0 unspecified atom stereocenters. The number of nitrogens with one attached hydrogen (secondary N) is 2. The average molecular weight is 451 g/mol. The van der Waals surface area contributed by atoms with E-state index in [-0.39, 0.29) is 10.7 Å². The molecule has 1 aliphatic carbocycles. The Morgan fingerprint density at radius 2 is 1.68 bits per heavy atom. The van der Waals surface area contributed by atoms with Crippen LogP contribution in [0.15, 0.2) is 76.7 Å². The summed E-state index contributed by atoms with van der Waals surface area (Å²) in [6, 6.07) is 20.8. The van der Waals surface area contributed by atoms with Crippen LogP contribution in [-0.2, 0) is 16.0 Å². The zero-order valence-electron chi connectivity index (χ0n) is 18.1. The van der Waals surface area contributed by atoms with Crippen LogP contribution < -0.4 is 15.2 Å². The van der Waals surface area contributed by atoms with Gasteiger partial charge in [-0.05, 0) is 60.6 Å². The second-order valence-electron chi connectivity index (χ2n) is 8.05. The molecule has 0 atom stereocenters. The highest BCUT2D eigenvalue weighted by molar-refractivity contribution is 8.00. The maximum Gasteiger partial charge on any atom is 0.273 e. The van der Waals surface area contributed by atoms with E-state index in [1.54, 1.807) is 11.8 Å². The monoisotopic (exact) mass is 450 g/mol. The molecule has 31 heavy (non-hydrogen) atoms. The quantitative estimate of drug-likeness (QED) is 0.476. The molecule has 1 fully saturated rings. The van der Waals surface area contributed by atoms with E-state index in [0.717, 1.165) is 17.1 Å². The average Bonchev–Trinajstić information content (AvgIpc) is 3.55. The van der Waals surface area contributed by atoms with Gasteiger partial charge in [0.15, 0.2) is 0 Å². The first-order valence-electron chi connectivity index (χ1n) is 10.4. The lowest BCUT2D eigenvalue weighted by atomic mass is 10.1. The lowest BCUT2D eigenvalue weighted by molar-refractivity contribution is -0.366. The number of carbonyl (C=O) groups is 1. The van der Waals surface area contributed by atoms with Crippen molar-refractivity contribution in [1.82, 2.24) is 0 Å². The molecule has 0 spiro atoms. The van der Waals surface area contributed by atoms with Gasteiger partial charge >= 0.3 is 0 Å². The van der Waals surface area contributed by atoms with Crippen molar-refractivity contribution in [2.75, 3.05) is 30.6 Å². The number of nitrogens with zero attached hydrogens (tertiary/aromatic N) is 1. The molecule has 1 amide bonds. The maximum absolute atomic E-state index is 12.4. The molecule has 1 aromatic heterocycles. The number of aromatic nitrogens is 1. The molecule has 0 saturated heterocycles. The summed E-state index contributed by atoms with van der Waals surface area (Å²) in [5, 5.41) is 3.02. The standard InChI is InChI=1S/C25H27N3OS2/c1-28(2)23-13-12-22(17-26-23)31-25(14-15-25)19-6-8-20(9-7-19)27-24(29)16-18-4-10-21(30-3)11-5-18/h4-13,17H,14-16H2,1-3H3,(H,27,29)/p+1. The van der Waals surface area contributed by atoms with Crippen LogP contribution in [0.4, 0.5) is 11.5 Å². The Hall–Kier alpha value is -2.44. The number of hydrogen-bond acceptors (Lipinski definition) is 4. The molecule has 2 N–H and O–H groups in total. The van der Waals surface area contributed by atoms with Crippen LogP contribution in [0.3, 0.4) is 0 Å². The molecule has 2 aromatic carbocycles. The molecule has 1 saturated carbocycles. The summed E-state index contributed by atoms with van der Waals surface area (Å²) in [4.78, 5) is 20.3. The van der Waals surface area contributed by atoms with Crippen LogP contribution in [0.5, 0.6) is 0 Å². The van der Waals surface area contributed by atoms with Crippen LogP contribution >= 0.6 is 23.5 Å². The lowest BCUT2D eigenvalue weighted by Gasteiger charge is -2.16. The number of benzene rings is 2. The van der Waals surface area contributed by atoms with Gasteiger partial charge in [0.05, 0.1) is 20.5 Å². The molecule has 0 aliphatic heterocycles. The van der Waals surface area contributed by atoms with Gasteiger partial charge in [0, 0.05) is 26.3 Å². The summed E-state index contributed by atoms with van der Waals surface area (Å²) in [6.45, 7) is 0. The highest BCUT2D eigenvalue weighted by Gasteiger charge is 2.45. The third kappa shape index (κ3) is 5.43. The summed E-state index contributed by atoms with van der Waals surface area (Å²) >= 11 is 3.62. The van der Waals surface area contributed by atoms with Crippen LogP contribution in [0, 0.1) is 0 Å². The number of anilines is 2. The van der Waals surface area contributed by atoms with Crippen molar-refractivity contribution in [1.29, 1.82) is 0 Å². The lowest BCUT2D eigenvalue weighted by Crippen LogP contribution is -2.19. The number of hydrogen-bond donors (Lipinski definition) is 1. The second-order valence-corrected chi connectivity index (χ2v) is 10.4. The summed E-state index contributed by atoms with van der Waals surface area (Å²) < 4.78 is 0.148. The Morgan fingerprint density at radius 1 is 1.00 bits per heavy atom. The van der Waals surface area contributed by atoms with Crippen LogP contribution in [0.2, 0.25) is 0 Å². The van der Waals surface area contributed by atoms with Crippen molar-refractivity contribution in [2.24, 2.45) is 0 Å². The van der Waals surface area contributed by atoms with Gasteiger partial charge in [0.25, 0.3) is 5.82 Å². The third-order valence-corrected chi connectivity index (χ3v) is 7.75. The highest BCUT2D eigenvalue weighted by Crippen LogP contribution is 2.59. The minimum atomic E-state index is 0.0108. The SMILES string of the molecule is CSc1ccc(CC(=O)Nc2ccc(C3(Sc4ccc(N(C)C)[nH+]c4)CC3)cc2)cc1. The first kappa shape index (κ1) is 21.8. The number of thioether (sulfide) groups is 2. The Kier molecular flexibility index (Phi) is 6.58. The number of carbonyl (C=O) groups excluding carboxylic acids is 1. The van der Waals surface area contributed by atoms with Crippen molar-refractivity contribution in [3.8, 4) is 0 Å². The second kappa shape index (κ2) is 9.37. The van der Waals surface area contributed by atoms with Gasteiger partial charge in [-0.15, -0.1) is 23.5 Å². The fourth-order valence-electron chi connectivity index (χ4n) is 3.52. The number of H-pyrrole nitrogens is 1. The minimum Gasteiger partial charge on any atom is -0.326 e. The van der Waals surface area contributed by atoms with Gasteiger partial charge in [-0.25, -0.2) is 4.98 Å². The Morgan fingerprint density at radius 3 is 2.23 bits per heavy atom. The smallest absolute Gasteiger partial charge is 0.273 e. The van der Waals surface area contributed by atoms with Crippen molar-refractivity contribution >= 4 is 40.9 Å². The Labute approximate surface area is 192 Å². The van der Waals surface area contributed by atoms with E-state index in [1.165, 1.54) is 28.2 Å². The van der Waals surface area contributed by atoms with Gasteiger partial charge in [-0.3, -0.25) is 9.69 Å². The van der Waals surface area contributed by atoms with Crippen molar-refractivity contribution < 1.29 is 9.78 Å². The van der Waals surface area contributed by atoms with Gasteiger partial charge in [0.2, 0.25) is 5.91 Å². The van der Waals surface area contributed by atoms with Gasteiger partial charge in [-0.2, -0.15) is 0 Å². The van der Waals surface area contributed by atoms with Crippen LogP contribution in [0.1, 0.15) is 24.0 Å². The predicted octanol–water partition coefficient (Wildman–Crippen LogP) is 5.25. The number of amides is 1. The summed E-state index contributed by atoms with van der Waals surface area (Å²) in [5.74, 6) is 1.10. The highest BCUT2D eigenvalue weighted by atomic mass is 32.2. The molecule has 4 rings (SSSR count). The van der Waals surface area contributed by atoms with Crippen LogP contribution in [-0.4, -0.2) is 26.3 Å². The molecule has 1 aliphatic rings. The molecule has 6 heteroatoms. The van der Waals surface area contributed by atoms with E-state index in [1.807, 2.05) is 50.1 Å². The normalized spacial score (nSPS) is 14.2.